The van der Waals surface area contributed by atoms with Crippen LogP contribution in [-0.2, 0) is 0 Å². The van der Waals surface area contributed by atoms with E-state index < -0.39 is 0 Å². The first-order valence-corrected chi connectivity index (χ1v) is 7.11. The maximum Gasteiger partial charge on any atom is 0.123 e. The van der Waals surface area contributed by atoms with E-state index in [1.165, 1.54) is 12.1 Å². The normalized spacial score (nSPS) is 14.9. The summed E-state index contributed by atoms with van der Waals surface area (Å²) in [6, 6.07) is 7.61. The summed E-state index contributed by atoms with van der Waals surface area (Å²) in [5.74, 6) is 0.431. The fourth-order valence-electron chi connectivity index (χ4n) is 2.47. The lowest BCUT2D eigenvalue weighted by atomic mass is 10.0. The minimum absolute atomic E-state index is 0.174. The maximum absolute atomic E-state index is 13.0. The van der Waals surface area contributed by atoms with Gasteiger partial charge in [-0.1, -0.05) is 32.9 Å². The number of nitrogens with zero attached hydrogens (tertiary/aromatic N) is 1. The Bertz CT molecular complexity index is 352. The van der Waals surface area contributed by atoms with Crippen LogP contribution in [0.4, 0.5) is 4.39 Å². The van der Waals surface area contributed by atoms with Crippen molar-refractivity contribution in [1.29, 1.82) is 0 Å². The Kier molecular flexibility index (Phi) is 6.46. The minimum atomic E-state index is -0.174. The summed E-state index contributed by atoms with van der Waals surface area (Å²) in [4.78, 5) is 2.26. The van der Waals surface area contributed by atoms with Crippen molar-refractivity contribution >= 4 is 0 Å². The van der Waals surface area contributed by atoms with Crippen molar-refractivity contribution in [2.24, 2.45) is 5.92 Å². The number of hydrogen-bond acceptors (Lipinski definition) is 2. The van der Waals surface area contributed by atoms with Crippen molar-refractivity contribution in [2.75, 3.05) is 20.6 Å². The zero-order valence-corrected chi connectivity index (χ0v) is 12.8. The SMILES string of the molecule is CCC(NCC(C(C)C)N(C)C)c1ccc(F)cc1. The highest BCUT2D eigenvalue weighted by atomic mass is 19.1. The van der Waals surface area contributed by atoms with Crippen molar-refractivity contribution < 1.29 is 4.39 Å². The topological polar surface area (TPSA) is 15.3 Å². The van der Waals surface area contributed by atoms with Crippen LogP contribution in [0.5, 0.6) is 0 Å². The van der Waals surface area contributed by atoms with Gasteiger partial charge in [0.15, 0.2) is 0 Å². The van der Waals surface area contributed by atoms with Gasteiger partial charge in [0.05, 0.1) is 0 Å². The van der Waals surface area contributed by atoms with Gasteiger partial charge in [-0.25, -0.2) is 4.39 Å². The number of hydrogen-bond donors (Lipinski definition) is 1. The summed E-state index contributed by atoms with van der Waals surface area (Å²) in [5.41, 5.74) is 1.16. The standard InChI is InChI=1S/C16H27FN2/c1-6-15(13-7-9-14(17)10-8-13)18-11-16(12(2)3)19(4)5/h7-10,12,15-16,18H,6,11H2,1-5H3. The molecule has 1 aromatic carbocycles. The molecule has 0 aromatic heterocycles. The minimum Gasteiger partial charge on any atom is -0.308 e. The van der Waals surface area contributed by atoms with Crippen molar-refractivity contribution in [3.8, 4) is 0 Å². The third-order valence-corrected chi connectivity index (χ3v) is 3.69. The molecule has 2 atom stereocenters. The fraction of sp³-hybridized carbons (Fsp3) is 0.625. The van der Waals surface area contributed by atoms with Gasteiger partial charge in [-0.3, -0.25) is 0 Å². The second-order valence-electron chi connectivity index (χ2n) is 5.70. The fourth-order valence-corrected chi connectivity index (χ4v) is 2.47. The van der Waals surface area contributed by atoms with E-state index >= 15 is 0 Å². The maximum atomic E-state index is 13.0. The van der Waals surface area contributed by atoms with Crippen molar-refractivity contribution in [1.82, 2.24) is 10.2 Å². The summed E-state index contributed by atoms with van der Waals surface area (Å²) < 4.78 is 13.0. The van der Waals surface area contributed by atoms with Crippen LogP contribution in [0.1, 0.15) is 38.8 Å². The molecule has 2 nitrogen and oxygen atoms in total. The Labute approximate surface area is 117 Å². The Morgan fingerprint density at radius 3 is 2.16 bits per heavy atom. The van der Waals surface area contributed by atoms with E-state index in [0.717, 1.165) is 18.5 Å². The molecule has 2 unspecified atom stereocenters. The van der Waals surface area contributed by atoms with Crippen LogP contribution in [0.2, 0.25) is 0 Å². The molecule has 3 heteroatoms. The highest BCUT2D eigenvalue weighted by Gasteiger charge is 2.17. The van der Waals surface area contributed by atoms with Gasteiger partial charge in [0.2, 0.25) is 0 Å². The highest BCUT2D eigenvalue weighted by molar-refractivity contribution is 5.19. The van der Waals surface area contributed by atoms with Gasteiger partial charge < -0.3 is 10.2 Å². The molecule has 0 saturated carbocycles. The Morgan fingerprint density at radius 1 is 1.16 bits per heavy atom. The molecule has 1 N–H and O–H groups in total. The van der Waals surface area contributed by atoms with Crippen molar-refractivity contribution in [2.45, 2.75) is 39.3 Å². The zero-order chi connectivity index (χ0) is 14.4. The predicted molar refractivity (Wildman–Crippen MR) is 79.7 cm³/mol. The molecule has 0 radical (unpaired) electrons. The van der Waals surface area contributed by atoms with E-state index in [9.17, 15) is 4.39 Å². The predicted octanol–water partition coefficient (Wildman–Crippen LogP) is 3.45. The Balaban J connectivity index is 2.64. The summed E-state index contributed by atoms with van der Waals surface area (Å²) >= 11 is 0. The molecule has 0 aliphatic carbocycles. The molecule has 0 bridgehead atoms. The van der Waals surface area contributed by atoms with Crippen LogP contribution in [0.25, 0.3) is 0 Å². The lowest BCUT2D eigenvalue weighted by Gasteiger charge is -2.30. The molecule has 0 fully saturated rings. The Morgan fingerprint density at radius 2 is 1.74 bits per heavy atom. The second-order valence-corrected chi connectivity index (χ2v) is 5.70. The largest absolute Gasteiger partial charge is 0.308 e. The Hall–Kier alpha value is -0.930. The lowest BCUT2D eigenvalue weighted by molar-refractivity contribution is 0.218. The molecular weight excluding hydrogens is 239 g/mol. The van der Waals surface area contributed by atoms with E-state index in [1.807, 2.05) is 12.1 Å². The quantitative estimate of drug-likeness (QED) is 0.813. The first-order valence-electron chi connectivity index (χ1n) is 7.11. The number of rotatable bonds is 7. The molecule has 0 aliphatic heterocycles. The highest BCUT2D eigenvalue weighted by Crippen LogP contribution is 2.18. The van der Waals surface area contributed by atoms with Gasteiger partial charge in [-0.2, -0.15) is 0 Å². The monoisotopic (exact) mass is 266 g/mol. The molecule has 19 heavy (non-hydrogen) atoms. The summed E-state index contributed by atoms with van der Waals surface area (Å²) in [6.07, 6.45) is 1.00. The van der Waals surface area contributed by atoms with Crippen LogP contribution < -0.4 is 5.32 Å². The van der Waals surface area contributed by atoms with Gasteiger partial charge in [0.1, 0.15) is 5.82 Å². The molecule has 0 aliphatic rings. The van der Waals surface area contributed by atoms with Gasteiger partial charge in [0, 0.05) is 18.6 Å². The van der Waals surface area contributed by atoms with E-state index in [0.29, 0.717) is 18.0 Å². The molecule has 1 rings (SSSR count). The number of likely N-dealkylation sites (N-methyl/N-ethyl adjacent to an activating group) is 1. The lowest BCUT2D eigenvalue weighted by Crippen LogP contribution is -2.42. The van der Waals surface area contributed by atoms with Gasteiger partial charge in [-0.15, -0.1) is 0 Å². The van der Waals surface area contributed by atoms with Crippen molar-refractivity contribution in [3.05, 3.63) is 35.6 Å². The summed E-state index contributed by atoms with van der Waals surface area (Å²) in [5, 5.41) is 3.60. The van der Waals surface area contributed by atoms with Crippen LogP contribution in [-0.4, -0.2) is 31.6 Å². The smallest absolute Gasteiger partial charge is 0.123 e. The summed E-state index contributed by atoms with van der Waals surface area (Å²) in [7, 11) is 4.23. The van der Waals surface area contributed by atoms with Crippen molar-refractivity contribution in [3.63, 3.8) is 0 Å². The number of nitrogens with one attached hydrogen (secondary N) is 1. The third kappa shape index (κ3) is 4.92. The zero-order valence-electron chi connectivity index (χ0n) is 12.8. The van der Waals surface area contributed by atoms with E-state index in [4.69, 9.17) is 0 Å². The number of benzene rings is 1. The molecule has 0 heterocycles. The van der Waals surface area contributed by atoms with Crippen LogP contribution in [0, 0.1) is 11.7 Å². The van der Waals surface area contributed by atoms with E-state index in [1.54, 1.807) is 0 Å². The average Bonchev–Trinajstić information content (AvgIpc) is 2.35. The molecular formula is C16H27FN2. The van der Waals surface area contributed by atoms with Gasteiger partial charge >= 0.3 is 0 Å². The molecule has 0 spiro atoms. The molecule has 1 aromatic rings. The van der Waals surface area contributed by atoms with E-state index in [2.05, 4.69) is 45.1 Å². The molecule has 108 valence electrons. The first kappa shape index (κ1) is 16.1. The van der Waals surface area contributed by atoms with Gasteiger partial charge in [0.25, 0.3) is 0 Å². The number of halogens is 1. The van der Waals surface area contributed by atoms with Crippen LogP contribution in [0.15, 0.2) is 24.3 Å². The second kappa shape index (κ2) is 7.61. The summed E-state index contributed by atoms with van der Waals surface area (Å²) in [6.45, 7) is 7.58. The molecule has 0 amide bonds. The third-order valence-electron chi connectivity index (χ3n) is 3.69. The van der Waals surface area contributed by atoms with Crippen LogP contribution in [0.3, 0.4) is 0 Å². The van der Waals surface area contributed by atoms with Gasteiger partial charge in [-0.05, 0) is 44.1 Å². The first-order chi connectivity index (χ1) is 8.95. The average molecular weight is 266 g/mol. The molecule has 0 saturated heterocycles. The van der Waals surface area contributed by atoms with E-state index in [-0.39, 0.29) is 5.82 Å². The van der Waals surface area contributed by atoms with Crippen LogP contribution >= 0.6 is 0 Å².